The first-order valence-electron chi connectivity index (χ1n) is 5.45. The lowest BCUT2D eigenvalue weighted by molar-refractivity contribution is 0.0929. The van der Waals surface area contributed by atoms with Gasteiger partial charge in [0.25, 0.3) is 5.91 Å². The predicted octanol–water partition coefficient (Wildman–Crippen LogP) is 2.99. The van der Waals surface area contributed by atoms with Gasteiger partial charge in [0, 0.05) is 17.1 Å². The Balaban J connectivity index is 2.75. The zero-order valence-electron chi connectivity index (χ0n) is 9.54. The summed E-state index contributed by atoms with van der Waals surface area (Å²) in [7, 11) is 0. The summed E-state index contributed by atoms with van der Waals surface area (Å²) < 4.78 is 0.835. The van der Waals surface area contributed by atoms with Crippen LogP contribution < -0.4 is 5.32 Å². The van der Waals surface area contributed by atoms with Crippen molar-refractivity contribution in [3.05, 3.63) is 33.3 Å². The van der Waals surface area contributed by atoms with Crippen molar-refractivity contribution in [1.82, 2.24) is 5.32 Å². The molecule has 0 aliphatic heterocycles. The number of halogens is 2. The highest BCUT2D eigenvalue weighted by molar-refractivity contribution is 9.10. The molecule has 1 amide bonds. The van der Waals surface area contributed by atoms with Gasteiger partial charge in [0.1, 0.15) is 0 Å². The SMILES string of the molecule is CCC(CCO)NC(=O)c1ccc(Br)cc1Cl. The molecule has 1 rings (SSSR count). The van der Waals surface area contributed by atoms with E-state index < -0.39 is 0 Å². The Bertz CT molecular complexity index is 398. The summed E-state index contributed by atoms with van der Waals surface area (Å²) in [6, 6.07) is 5.11. The van der Waals surface area contributed by atoms with Crippen molar-refractivity contribution in [3.8, 4) is 0 Å². The van der Waals surface area contributed by atoms with Crippen LogP contribution in [0.2, 0.25) is 5.02 Å². The number of hydrogen-bond donors (Lipinski definition) is 2. The molecule has 1 aromatic rings. The van der Waals surface area contributed by atoms with Crippen LogP contribution in [0.25, 0.3) is 0 Å². The summed E-state index contributed by atoms with van der Waals surface area (Å²) in [5.74, 6) is -0.206. The van der Waals surface area contributed by atoms with Crippen LogP contribution >= 0.6 is 27.5 Å². The van der Waals surface area contributed by atoms with Gasteiger partial charge in [-0.25, -0.2) is 0 Å². The van der Waals surface area contributed by atoms with Crippen LogP contribution in [0.1, 0.15) is 30.1 Å². The van der Waals surface area contributed by atoms with E-state index in [4.69, 9.17) is 16.7 Å². The third-order valence-electron chi connectivity index (χ3n) is 2.48. The zero-order chi connectivity index (χ0) is 12.8. The Morgan fingerprint density at radius 3 is 2.82 bits per heavy atom. The Labute approximate surface area is 114 Å². The average Bonchev–Trinajstić information content (AvgIpc) is 2.28. The van der Waals surface area contributed by atoms with Gasteiger partial charge in [-0.3, -0.25) is 4.79 Å². The summed E-state index contributed by atoms with van der Waals surface area (Å²) in [5.41, 5.74) is 0.450. The average molecular weight is 321 g/mol. The Morgan fingerprint density at radius 1 is 1.59 bits per heavy atom. The van der Waals surface area contributed by atoms with Crippen LogP contribution in [0.4, 0.5) is 0 Å². The van der Waals surface area contributed by atoms with Crippen molar-refractivity contribution in [3.63, 3.8) is 0 Å². The van der Waals surface area contributed by atoms with E-state index in [1.807, 2.05) is 6.92 Å². The van der Waals surface area contributed by atoms with Gasteiger partial charge in [0.2, 0.25) is 0 Å². The summed E-state index contributed by atoms with van der Waals surface area (Å²) in [5, 5.41) is 12.1. The van der Waals surface area contributed by atoms with E-state index in [0.717, 1.165) is 10.9 Å². The van der Waals surface area contributed by atoms with Crippen molar-refractivity contribution in [2.24, 2.45) is 0 Å². The van der Waals surface area contributed by atoms with Gasteiger partial charge >= 0.3 is 0 Å². The normalized spacial score (nSPS) is 12.2. The molecule has 0 fully saturated rings. The minimum atomic E-state index is -0.206. The van der Waals surface area contributed by atoms with E-state index in [9.17, 15) is 4.79 Å². The first-order chi connectivity index (χ1) is 8.08. The number of hydrogen-bond acceptors (Lipinski definition) is 2. The fraction of sp³-hybridized carbons (Fsp3) is 0.417. The zero-order valence-corrected chi connectivity index (χ0v) is 11.9. The Kier molecular flexibility index (Phi) is 5.95. The molecule has 1 aromatic carbocycles. The molecule has 0 saturated carbocycles. The van der Waals surface area contributed by atoms with Gasteiger partial charge in [0.05, 0.1) is 10.6 Å². The van der Waals surface area contributed by atoms with Crippen LogP contribution in [0.5, 0.6) is 0 Å². The number of aliphatic hydroxyl groups excluding tert-OH is 1. The highest BCUT2D eigenvalue weighted by Crippen LogP contribution is 2.21. The molecule has 0 spiro atoms. The molecule has 0 aromatic heterocycles. The molecular formula is C12H15BrClNO2. The number of benzene rings is 1. The lowest BCUT2D eigenvalue weighted by Crippen LogP contribution is -2.35. The maximum absolute atomic E-state index is 11.9. The Morgan fingerprint density at radius 2 is 2.29 bits per heavy atom. The standard InChI is InChI=1S/C12H15BrClNO2/c1-2-9(5-6-16)15-12(17)10-4-3-8(13)7-11(10)14/h3-4,7,9,16H,2,5-6H2,1H3,(H,15,17). The molecule has 1 atom stereocenters. The summed E-state index contributed by atoms with van der Waals surface area (Å²) in [6.45, 7) is 2.02. The highest BCUT2D eigenvalue weighted by Gasteiger charge is 2.14. The first kappa shape index (κ1) is 14.5. The van der Waals surface area contributed by atoms with Crippen LogP contribution in [0, 0.1) is 0 Å². The molecule has 0 heterocycles. The molecule has 5 heteroatoms. The van der Waals surface area contributed by atoms with E-state index >= 15 is 0 Å². The molecule has 0 radical (unpaired) electrons. The fourth-order valence-electron chi connectivity index (χ4n) is 1.47. The minimum Gasteiger partial charge on any atom is -0.396 e. The minimum absolute atomic E-state index is 0.0211. The Hall–Kier alpha value is -0.580. The van der Waals surface area contributed by atoms with E-state index in [2.05, 4.69) is 21.2 Å². The summed E-state index contributed by atoms with van der Waals surface area (Å²) >= 11 is 9.27. The van der Waals surface area contributed by atoms with Crippen LogP contribution in [-0.4, -0.2) is 23.7 Å². The van der Waals surface area contributed by atoms with Gasteiger partial charge in [-0.05, 0) is 31.0 Å². The van der Waals surface area contributed by atoms with Crippen LogP contribution in [0.3, 0.4) is 0 Å². The highest BCUT2D eigenvalue weighted by atomic mass is 79.9. The topological polar surface area (TPSA) is 49.3 Å². The van der Waals surface area contributed by atoms with E-state index in [0.29, 0.717) is 17.0 Å². The van der Waals surface area contributed by atoms with Crippen LogP contribution in [0.15, 0.2) is 22.7 Å². The second kappa shape index (κ2) is 6.99. The van der Waals surface area contributed by atoms with Crippen molar-refractivity contribution >= 4 is 33.4 Å². The van der Waals surface area contributed by atoms with Crippen LogP contribution in [-0.2, 0) is 0 Å². The van der Waals surface area contributed by atoms with Gasteiger partial charge in [0.15, 0.2) is 0 Å². The molecule has 0 saturated heterocycles. The van der Waals surface area contributed by atoms with Gasteiger partial charge in [-0.15, -0.1) is 0 Å². The fourth-order valence-corrected chi connectivity index (χ4v) is 2.23. The lowest BCUT2D eigenvalue weighted by Gasteiger charge is -2.16. The van der Waals surface area contributed by atoms with Gasteiger partial charge in [-0.2, -0.15) is 0 Å². The number of aliphatic hydroxyl groups is 1. The molecule has 3 nitrogen and oxygen atoms in total. The molecule has 1 unspecified atom stereocenters. The predicted molar refractivity (Wildman–Crippen MR) is 72.4 cm³/mol. The number of carbonyl (C=O) groups is 1. The summed E-state index contributed by atoms with van der Waals surface area (Å²) in [4.78, 5) is 11.9. The van der Waals surface area contributed by atoms with E-state index in [-0.39, 0.29) is 18.6 Å². The number of nitrogens with one attached hydrogen (secondary N) is 1. The molecule has 0 aliphatic carbocycles. The molecule has 94 valence electrons. The second-order valence-corrected chi connectivity index (χ2v) is 5.04. The lowest BCUT2D eigenvalue weighted by atomic mass is 10.1. The third-order valence-corrected chi connectivity index (χ3v) is 3.29. The third kappa shape index (κ3) is 4.30. The van der Waals surface area contributed by atoms with Crippen molar-refractivity contribution in [2.75, 3.05) is 6.61 Å². The molecule has 17 heavy (non-hydrogen) atoms. The molecular weight excluding hydrogens is 305 g/mol. The molecule has 0 aliphatic rings. The largest absolute Gasteiger partial charge is 0.396 e. The van der Waals surface area contributed by atoms with Crippen molar-refractivity contribution < 1.29 is 9.90 Å². The summed E-state index contributed by atoms with van der Waals surface area (Å²) in [6.07, 6.45) is 1.33. The van der Waals surface area contributed by atoms with Gasteiger partial charge < -0.3 is 10.4 Å². The maximum Gasteiger partial charge on any atom is 0.253 e. The quantitative estimate of drug-likeness (QED) is 0.876. The molecule has 2 N–H and O–H groups in total. The van der Waals surface area contributed by atoms with E-state index in [1.54, 1.807) is 18.2 Å². The van der Waals surface area contributed by atoms with Crippen molar-refractivity contribution in [2.45, 2.75) is 25.8 Å². The van der Waals surface area contributed by atoms with E-state index in [1.165, 1.54) is 0 Å². The monoisotopic (exact) mass is 319 g/mol. The number of carbonyl (C=O) groups excluding carboxylic acids is 1. The van der Waals surface area contributed by atoms with Gasteiger partial charge in [-0.1, -0.05) is 34.5 Å². The first-order valence-corrected chi connectivity index (χ1v) is 6.62. The maximum atomic E-state index is 11.9. The molecule has 0 bridgehead atoms. The second-order valence-electron chi connectivity index (χ2n) is 3.72. The van der Waals surface area contributed by atoms with Crippen molar-refractivity contribution in [1.29, 1.82) is 0 Å². The number of rotatable bonds is 5. The smallest absolute Gasteiger partial charge is 0.253 e. The number of amides is 1.